The van der Waals surface area contributed by atoms with Crippen LogP contribution in [0.4, 0.5) is 17.6 Å². The first-order valence-electron chi connectivity index (χ1n) is 3.94. The fourth-order valence-electron chi connectivity index (χ4n) is 1.13. The standard InChI is InChI=1S/C9H7BrF4S/c1-4-2-7(11)6(10)3-5(4)8(15)9(12,13)14/h2-3,8,15H,1H3. The van der Waals surface area contributed by atoms with Gasteiger partial charge in [0.15, 0.2) is 0 Å². The van der Waals surface area contributed by atoms with E-state index in [1.807, 2.05) is 0 Å². The molecule has 0 aliphatic heterocycles. The number of halogens is 5. The van der Waals surface area contributed by atoms with Crippen LogP contribution in [0.2, 0.25) is 0 Å². The van der Waals surface area contributed by atoms with Gasteiger partial charge in [0, 0.05) is 0 Å². The molecule has 0 aliphatic rings. The minimum absolute atomic E-state index is 0.00593. The summed E-state index contributed by atoms with van der Waals surface area (Å²) in [7, 11) is 0. The van der Waals surface area contributed by atoms with Gasteiger partial charge in [0.05, 0.1) is 4.47 Å². The predicted molar refractivity (Wildman–Crippen MR) is 56.6 cm³/mol. The Balaban J connectivity index is 3.21. The quantitative estimate of drug-likeness (QED) is 0.576. The van der Waals surface area contributed by atoms with E-state index in [2.05, 4.69) is 28.6 Å². The zero-order chi connectivity index (χ0) is 11.8. The lowest BCUT2D eigenvalue weighted by molar-refractivity contribution is -0.129. The molecule has 1 atom stereocenters. The van der Waals surface area contributed by atoms with Gasteiger partial charge in [-0.1, -0.05) is 0 Å². The third-order valence-electron chi connectivity index (χ3n) is 1.91. The normalized spacial score (nSPS) is 14.1. The number of rotatable bonds is 1. The van der Waals surface area contributed by atoms with E-state index in [1.54, 1.807) is 0 Å². The summed E-state index contributed by atoms with van der Waals surface area (Å²) in [6.45, 7) is 1.42. The van der Waals surface area contributed by atoms with Crippen molar-refractivity contribution in [1.29, 1.82) is 0 Å². The average molecular weight is 303 g/mol. The van der Waals surface area contributed by atoms with Gasteiger partial charge in [-0.2, -0.15) is 25.8 Å². The van der Waals surface area contributed by atoms with E-state index in [0.717, 1.165) is 12.1 Å². The van der Waals surface area contributed by atoms with E-state index in [1.165, 1.54) is 6.92 Å². The Morgan fingerprint density at radius 3 is 2.33 bits per heavy atom. The maximum absolute atomic E-state index is 13.0. The van der Waals surface area contributed by atoms with E-state index in [9.17, 15) is 17.6 Å². The third-order valence-corrected chi connectivity index (χ3v) is 3.09. The highest BCUT2D eigenvalue weighted by molar-refractivity contribution is 9.10. The maximum atomic E-state index is 13.0. The van der Waals surface area contributed by atoms with Crippen molar-refractivity contribution in [2.45, 2.75) is 18.3 Å². The van der Waals surface area contributed by atoms with Crippen molar-refractivity contribution in [3.05, 3.63) is 33.5 Å². The summed E-state index contributed by atoms with van der Waals surface area (Å²) in [6, 6.07) is 2.16. The van der Waals surface area contributed by atoms with Crippen molar-refractivity contribution in [2.24, 2.45) is 0 Å². The first kappa shape index (κ1) is 12.8. The highest BCUT2D eigenvalue weighted by atomic mass is 79.9. The smallest absolute Gasteiger partial charge is 0.206 e. The van der Waals surface area contributed by atoms with Gasteiger partial charge < -0.3 is 0 Å². The second kappa shape index (κ2) is 4.33. The molecule has 0 aromatic heterocycles. The van der Waals surface area contributed by atoms with Crippen molar-refractivity contribution in [2.75, 3.05) is 0 Å². The molecular weight excluding hydrogens is 296 g/mol. The Kier molecular flexibility index (Phi) is 3.71. The predicted octanol–water partition coefficient (Wildman–Crippen LogP) is 4.43. The van der Waals surface area contributed by atoms with Crippen LogP contribution in [-0.2, 0) is 0 Å². The average Bonchev–Trinajstić information content (AvgIpc) is 2.08. The van der Waals surface area contributed by atoms with Crippen molar-refractivity contribution >= 4 is 28.6 Å². The Hall–Kier alpha value is -0.230. The molecule has 0 nitrogen and oxygen atoms in total. The Bertz CT molecular complexity index is 375. The molecule has 1 rings (SSSR count). The summed E-state index contributed by atoms with van der Waals surface area (Å²) in [6.07, 6.45) is -4.44. The number of hydrogen-bond donors (Lipinski definition) is 1. The summed E-state index contributed by atoms with van der Waals surface area (Å²) in [5.41, 5.74) is 0.187. The lowest BCUT2D eigenvalue weighted by Gasteiger charge is -2.17. The number of aryl methyl sites for hydroxylation is 1. The van der Waals surface area contributed by atoms with Crippen molar-refractivity contribution in [1.82, 2.24) is 0 Å². The lowest BCUT2D eigenvalue weighted by atomic mass is 10.1. The zero-order valence-electron chi connectivity index (χ0n) is 7.57. The van der Waals surface area contributed by atoms with Crippen LogP contribution in [0.5, 0.6) is 0 Å². The summed E-state index contributed by atoms with van der Waals surface area (Å²) >= 11 is 6.32. The summed E-state index contributed by atoms with van der Waals surface area (Å²) < 4.78 is 50.1. The van der Waals surface area contributed by atoms with Crippen molar-refractivity contribution in [3.63, 3.8) is 0 Å². The van der Waals surface area contributed by atoms with Crippen LogP contribution in [0.1, 0.15) is 16.4 Å². The molecule has 84 valence electrons. The van der Waals surface area contributed by atoms with Gasteiger partial charge in [-0.15, -0.1) is 0 Å². The van der Waals surface area contributed by atoms with Crippen molar-refractivity contribution in [3.8, 4) is 0 Å². The lowest BCUT2D eigenvalue weighted by Crippen LogP contribution is -2.16. The van der Waals surface area contributed by atoms with Crippen LogP contribution in [0.25, 0.3) is 0 Å². The maximum Gasteiger partial charge on any atom is 0.404 e. The minimum atomic E-state index is -4.44. The van der Waals surface area contributed by atoms with E-state index in [-0.39, 0.29) is 15.6 Å². The van der Waals surface area contributed by atoms with Crippen LogP contribution in [0.15, 0.2) is 16.6 Å². The molecule has 0 heterocycles. The van der Waals surface area contributed by atoms with Crippen LogP contribution in [0, 0.1) is 12.7 Å². The van der Waals surface area contributed by atoms with Gasteiger partial charge in [-0.3, -0.25) is 0 Å². The highest BCUT2D eigenvalue weighted by Gasteiger charge is 2.39. The number of benzene rings is 1. The first-order chi connectivity index (χ1) is 6.73. The third kappa shape index (κ3) is 2.87. The zero-order valence-corrected chi connectivity index (χ0v) is 10.0. The summed E-state index contributed by atoms with van der Waals surface area (Å²) in [4.78, 5) is 0. The minimum Gasteiger partial charge on any atom is -0.206 e. The fourth-order valence-corrected chi connectivity index (χ4v) is 1.77. The molecule has 15 heavy (non-hydrogen) atoms. The summed E-state index contributed by atoms with van der Waals surface area (Å²) in [5.74, 6) is -0.584. The molecule has 0 amide bonds. The van der Waals surface area contributed by atoms with E-state index >= 15 is 0 Å². The second-order valence-electron chi connectivity index (χ2n) is 3.07. The highest BCUT2D eigenvalue weighted by Crippen LogP contribution is 2.40. The fraction of sp³-hybridized carbons (Fsp3) is 0.333. The number of alkyl halides is 3. The molecule has 0 aliphatic carbocycles. The Labute approximate surface area is 98.2 Å². The Morgan fingerprint density at radius 2 is 1.87 bits per heavy atom. The van der Waals surface area contributed by atoms with Crippen LogP contribution in [0.3, 0.4) is 0 Å². The van der Waals surface area contributed by atoms with Gasteiger partial charge in [0.1, 0.15) is 11.1 Å². The Morgan fingerprint density at radius 1 is 1.33 bits per heavy atom. The van der Waals surface area contributed by atoms with Gasteiger partial charge in [-0.05, 0) is 46.1 Å². The molecule has 0 saturated carbocycles. The second-order valence-corrected chi connectivity index (χ2v) is 4.44. The van der Waals surface area contributed by atoms with E-state index in [4.69, 9.17) is 0 Å². The molecular formula is C9H7BrF4S. The first-order valence-corrected chi connectivity index (χ1v) is 5.24. The van der Waals surface area contributed by atoms with E-state index < -0.39 is 17.2 Å². The topological polar surface area (TPSA) is 0 Å². The monoisotopic (exact) mass is 302 g/mol. The molecule has 0 spiro atoms. The molecule has 1 aromatic carbocycles. The van der Waals surface area contributed by atoms with Gasteiger partial charge in [0.25, 0.3) is 0 Å². The molecule has 6 heteroatoms. The van der Waals surface area contributed by atoms with Gasteiger partial charge >= 0.3 is 6.18 Å². The summed E-state index contributed by atoms with van der Waals surface area (Å²) in [5, 5.41) is -1.89. The number of thiol groups is 1. The molecule has 0 bridgehead atoms. The van der Waals surface area contributed by atoms with Crippen LogP contribution in [-0.4, -0.2) is 6.18 Å². The van der Waals surface area contributed by atoms with Gasteiger partial charge in [0.2, 0.25) is 0 Å². The largest absolute Gasteiger partial charge is 0.404 e. The van der Waals surface area contributed by atoms with Crippen molar-refractivity contribution < 1.29 is 17.6 Å². The van der Waals surface area contributed by atoms with Crippen LogP contribution < -0.4 is 0 Å². The van der Waals surface area contributed by atoms with E-state index in [0.29, 0.717) is 0 Å². The SMILES string of the molecule is Cc1cc(F)c(Br)cc1C(S)C(F)(F)F. The molecule has 0 radical (unpaired) electrons. The molecule has 1 unspecified atom stereocenters. The van der Waals surface area contributed by atoms with Gasteiger partial charge in [-0.25, -0.2) is 4.39 Å². The molecule has 0 N–H and O–H groups in total. The molecule has 0 fully saturated rings. The molecule has 1 aromatic rings. The molecule has 0 saturated heterocycles. The van der Waals surface area contributed by atoms with Crippen LogP contribution >= 0.6 is 28.6 Å². The number of hydrogen-bond acceptors (Lipinski definition) is 1.